The molecule has 1 aromatic heterocycles. The van der Waals surface area contributed by atoms with Crippen LogP contribution < -0.4 is 10.1 Å². The van der Waals surface area contributed by atoms with Gasteiger partial charge < -0.3 is 10.1 Å². The Hall–Kier alpha value is -1.81. The molecule has 0 radical (unpaired) electrons. The molecule has 0 saturated carbocycles. The summed E-state index contributed by atoms with van der Waals surface area (Å²) in [4.78, 5) is 8.28. The lowest BCUT2D eigenvalue weighted by Gasteiger charge is -2.14. The highest BCUT2D eigenvalue weighted by molar-refractivity contribution is 6.31. The number of anilines is 1. The summed E-state index contributed by atoms with van der Waals surface area (Å²) >= 11 is 6.27. The van der Waals surface area contributed by atoms with Crippen molar-refractivity contribution in [3.05, 3.63) is 40.7 Å². The van der Waals surface area contributed by atoms with Gasteiger partial charge in [-0.05, 0) is 43.0 Å². The molecule has 0 aliphatic heterocycles. The van der Waals surface area contributed by atoms with Crippen molar-refractivity contribution in [1.29, 1.82) is 0 Å². The molecule has 0 bridgehead atoms. The van der Waals surface area contributed by atoms with Crippen molar-refractivity contribution in [1.82, 2.24) is 9.97 Å². The van der Waals surface area contributed by atoms with E-state index in [0.717, 1.165) is 34.3 Å². The highest BCUT2D eigenvalue weighted by Gasteiger charge is 2.11. The molecule has 5 heteroatoms. The molecule has 0 unspecified atom stereocenters. The SMILES string of the molecule is CCNc1cc(Oc2cc(C(C)C)c(Cl)cc2C)ncn1. The first kappa shape index (κ1) is 15.6. The molecule has 2 rings (SSSR count). The molecular weight excluding hydrogens is 286 g/mol. The Balaban J connectivity index is 2.30. The van der Waals surface area contributed by atoms with Crippen molar-refractivity contribution in [2.75, 3.05) is 11.9 Å². The van der Waals surface area contributed by atoms with Gasteiger partial charge >= 0.3 is 0 Å². The van der Waals surface area contributed by atoms with Crippen molar-refractivity contribution in [3.63, 3.8) is 0 Å². The third kappa shape index (κ3) is 3.85. The maximum atomic E-state index is 6.27. The molecule has 1 heterocycles. The second kappa shape index (κ2) is 6.76. The van der Waals surface area contributed by atoms with E-state index >= 15 is 0 Å². The zero-order chi connectivity index (χ0) is 15.4. The van der Waals surface area contributed by atoms with E-state index in [1.165, 1.54) is 6.33 Å². The minimum Gasteiger partial charge on any atom is -0.439 e. The van der Waals surface area contributed by atoms with Crippen LogP contribution >= 0.6 is 11.6 Å². The summed E-state index contributed by atoms with van der Waals surface area (Å²) in [5, 5.41) is 3.90. The van der Waals surface area contributed by atoms with E-state index in [-0.39, 0.29) is 0 Å². The minimum absolute atomic E-state index is 0.336. The molecular formula is C16H20ClN3O. The van der Waals surface area contributed by atoms with Crippen LogP contribution in [-0.2, 0) is 0 Å². The van der Waals surface area contributed by atoms with Gasteiger partial charge in [0, 0.05) is 17.6 Å². The quantitative estimate of drug-likeness (QED) is 0.863. The molecule has 0 amide bonds. The van der Waals surface area contributed by atoms with Crippen LogP contribution in [0.1, 0.15) is 37.8 Å². The number of ether oxygens (including phenoxy) is 1. The highest BCUT2D eigenvalue weighted by Crippen LogP contribution is 2.33. The normalized spacial score (nSPS) is 10.8. The molecule has 2 aromatic rings. The van der Waals surface area contributed by atoms with E-state index in [1.807, 2.05) is 26.0 Å². The molecule has 1 N–H and O–H groups in total. The van der Waals surface area contributed by atoms with Gasteiger partial charge in [0.05, 0.1) is 0 Å². The zero-order valence-electron chi connectivity index (χ0n) is 12.8. The maximum absolute atomic E-state index is 6.27. The van der Waals surface area contributed by atoms with Crippen molar-refractivity contribution < 1.29 is 4.74 Å². The summed E-state index contributed by atoms with van der Waals surface area (Å²) in [5.41, 5.74) is 2.05. The van der Waals surface area contributed by atoms with Crippen molar-refractivity contribution >= 4 is 17.4 Å². The largest absolute Gasteiger partial charge is 0.439 e. The number of hydrogen-bond acceptors (Lipinski definition) is 4. The summed E-state index contributed by atoms with van der Waals surface area (Å²) < 4.78 is 5.89. The van der Waals surface area contributed by atoms with Crippen LogP contribution in [0.2, 0.25) is 5.02 Å². The van der Waals surface area contributed by atoms with Crippen molar-refractivity contribution in [2.24, 2.45) is 0 Å². The first-order valence-corrected chi connectivity index (χ1v) is 7.42. The smallest absolute Gasteiger partial charge is 0.224 e. The highest BCUT2D eigenvalue weighted by atomic mass is 35.5. The number of nitrogens with zero attached hydrogens (tertiary/aromatic N) is 2. The second-order valence-electron chi connectivity index (χ2n) is 5.17. The van der Waals surface area contributed by atoms with E-state index in [9.17, 15) is 0 Å². The van der Waals surface area contributed by atoms with E-state index in [4.69, 9.17) is 16.3 Å². The van der Waals surface area contributed by atoms with Crippen LogP contribution in [0.15, 0.2) is 24.5 Å². The predicted octanol–water partition coefficient (Wildman–Crippen LogP) is 4.79. The third-order valence-corrected chi connectivity index (χ3v) is 3.46. The van der Waals surface area contributed by atoms with Crippen LogP contribution in [0.25, 0.3) is 0 Å². The number of halogens is 1. The van der Waals surface area contributed by atoms with Crippen LogP contribution in [-0.4, -0.2) is 16.5 Å². The van der Waals surface area contributed by atoms with Gasteiger partial charge in [0.25, 0.3) is 0 Å². The number of hydrogen-bond donors (Lipinski definition) is 1. The van der Waals surface area contributed by atoms with E-state index < -0.39 is 0 Å². The standard InChI is InChI=1S/C16H20ClN3O/c1-5-18-15-8-16(20-9-19-15)21-14-7-12(10(2)3)13(17)6-11(14)4/h6-10H,5H2,1-4H3,(H,18,19,20). The fourth-order valence-corrected chi connectivity index (χ4v) is 2.44. The Kier molecular flexibility index (Phi) is 5.02. The molecule has 0 aliphatic rings. The molecule has 4 nitrogen and oxygen atoms in total. The summed E-state index contributed by atoms with van der Waals surface area (Å²) in [6, 6.07) is 5.70. The number of nitrogens with one attached hydrogen (secondary N) is 1. The van der Waals surface area contributed by atoms with Gasteiger partial charge in [-0.15, -0.1) is 0 Å². The van der Waals surface area contributed by atoms with Gasteiger partial charge in [-0.2, -0.15) is 0 Å². The molecule has 112 valence electrons. The summed E-state index contributed by atoms with van der Waals surface area (Å²) in [6.45, 7) is 9.00. The number of benzene rings is 1. The van der Waals surface area contributed by atoms with Gasteiger partial charge in [-0.1, -0.05) is 25.4 Å². The fourth-order valence-electron chi connectivity index (χ4n) is 2.01. The maximum Gasteiger partial charge on any atom is 0.224 e. The third-order valence-electron chi connectivity index (χ3n) is 3.13. The molecule has 21 heavy (non-hydrogen) atoms. The van der Waals surface area contributed by atoms with Gasteiger partial charge in [-0.25, -0.2) is 9.97 Å². The van der Waals surface area contributed by atoms with Crippen LogP contribution in [0, 0.1) is 6.92 Å². The number of aromatic nitrogens is 2. The van der Waals surface area contributed by atoms with Crippen LogP contribution in [0.5, 0.6) is 11.6 Å². The Morgan fingerprint density at radius 2 is 2.00 bits per heavy atom. The topological polar surface area (TPSA) is 47.0 Å². The molecule has 0 aliphatic carbocycles. The lowest BCUT2D eigenvalue weighted by Crippen LogP contribution is -2.00. The first-order valence-electron chi connectivity index (χ1n) is 7.05. The van der Waals surface area contributed by atoms with Crippen molar-refractivity contribution in [3.8, 4) is 11.6 Å². The molecule has 0 atom stereocenters. The number of rotatable bonds is 5. The number of aryl methyl sites for hydroxylation is 1. The summed E-state index contributed by atoms with van der Waals surface area (Å²) in [6.07, 6.45) is 1.49. The lowest BCUT2D eigenvalue weighted by molar-refractivity contribution is 0.457. The Morgan fingerprint density at radius 1 is 1.24 bits per heavy atom. The van der Waals surface area contributed by atoms with Gasteiger partial charge in [-0.3, -0.25) is 0 Å². The van der Waals surface area contributed by atoms with Crippen LogP contribution in [0.3, 0.4) is 0 Å². The van der Waals surface area contributed by atoms with Crippen molar-refractivity contribution in [2.45, 2.75) is 33.6 Å². The lowest BCUT2D eigenvalue weighted by atomic mass is 10.0. The average Bonchev–Trinajstić information content (AvgIpc) is 2.42. The van der Waals surface area contributed by atoms with Crippen LogP contribution in [0.4, 0.5) is 5.82 Å². The first-order chi connectivity index (χ1) is 10.0. The fraction of sp³-hybridized carbons (Fsp3) is 0.375. The molecule has 0 spiro atoms. The minimum atomic E-state index is 0.336. The second-order valence-corrected chi connectivity index (χ2v) is 5.57. The summed E-state index contributed by atoms with van der Waals surface area (Å²) in [5.74, 6) is 2.37. The zero-order valence-corrected chi connectivity index (χ0v) is 13.5. The Bertz CT molecular complexity index is 629. The van der Waals surface area contributed by atoms with Gasteiger partial charge in [0.2, 0.25) is 5.88 Å². The average molecular weight is 306 g/mol. The van der Waals surface area contributed by atoms with E-state index in [1.54, 1.807) is 6.07 Å². The van der Waals surface area contributed by atoms with Gasteiger partial charge in [0.1, 0.15) is 17.9 Å². The molecule has 0 fully saturated rings. The predicted molar refractivity (Wildman–Crippen MR) is 86.5 cm³/mol. The van der Waals surface area contributed by atoms with E-state index in [0.29, 0.717) is 11.8 Å². The monoisotopic (exact) mass is 305 g/mol. The Labute approximate surface area is 130 Å². The van der Waals surface area contributed by atoms with Gasteiger partial charge in [0.15, 0.2) is 0 Å². The molecule has 1 aromatic carbocycles. The molecule has 0 saturated heterocycles. The van der Waals surface area contributed by atoms with E-state index in [2.05, 4.69) is 29.1 Å². The summed E-state index contributed by atoms with van der Waals surface area (Å²) in [7, 11) is 0. The Morgan fingerprint density at radius 3 is 2.67 bits per heavy atom.